The number of nitrogens with zero attached hydrogens (tertiary/aromatic N) is 2. The van der Waals surface area contributed by atoms with Crippen molar-refractivity contribution in [3.8, 4) is 0 Å². The van der Waals surface area contributed by atoms with E-state index in [1.54, 1.807) is 29.6 Å². The first-order valence-electron chi connectivity index (χ1n) is 5.37. The molecule has 0 radical (unpaired) electrons. The lowest BCUT2D eigenvalue weighted by Crippen LogP contribution is -2.02. The van der Waals surface area contributed by atoms with Crippen molar-refractivity contribution in [2.24, 2.45) is 7.05 Å². The van der Waals surface area contributed by atoms with Gasteiger partial charge in [-0.25, -0.2) is 4.98 Å². The first-order chi connectivity index (χ1) is 8.18. The fourth-order valence-corrected chi connectivity index (χ4v) is 2.68. The zero-order valence-electron chi connectivity index (χ0n) is 9.88. The van der Waals surface area contributed by atoms with E-state index in [-0.39, 0.29) is 5.78 Å². The summed E-state index contributed by atoms with van der Waals surface area (Å²) >= 11 is 1.60. The molecule has 0 N–H and O–H groups in total. The number of benzene rings is 1. The minimum Gasteiger partial charge on any atom is -0.330 e. The molecule has 0 aliphatic heterocycles. The first-order valence-corrected chi connectivity index (χ1v) is 6.36. The summed E-state index contributed by atoms with van der Waals surface area (Å²) in [6.45, 7) is 1.57. The zero-order chi connectivity index (χ0) is 12.3. The zero-order valence-corrected chi connectivity index (χ0v) is 10.7. The Morgan fingerprint density at radius 1 is 1.35 bits per heavy atom. The summed E-state index contributed by atoms with van der Waals surface area (Å²) in [5, 5.41) is 0.809. The fourth-order valence-electron chi connectivity index (χ4n) is 1.64. The molecule has 2 aromatic rings. The van der Waals surface area contributed by atoms with Crippen LogP contribution in [0.3, 0.4) is 0 Å². The van der Waals surface area contributed by atoms with Crippen molar-refractivity contribution in [1.29, 1.82) is 0 Å². The third-order valence-electron chi connectivity index (χ3n) is 2.46. The molecule has 1 heterocycles. The average molecular weight is 246 g/mol. The van der Waals surface area contributed by atoms with Crippen LogP contribution < -0.4 is 0 Å². The van der Waals surface area contributed by atoms with Crippen molar-refractivity contribution < 1.29 is 4.79 Å². The molecule has 0 atom stereocenters. The molecular formula is C13H14N2OS. The highest BCUT2D eigenvalue weighted by molar-refractivity contribution is 7.98. The summed E-state index contributed by atoms with van der Waals surface area (Å²) in [5.74, 6) is 0.888. The van der Waals surface area contributed by atoms with Gasteiger partial charge in [0.15, 0.2) is 5.78 Å². The molecule has 0 aliphatic rings. The molecule has 0 saturated carbocycles. The Balaban J connectivity index is 2.12. The van der Waals surface area contributed by atoms with E-state index in [0.717, 1.165) is 10.8 Å². The van der Waals surface area contributed by atoms with Gasteiger partial charge in [-0.3, -0.25) is 4.79 Å². The monoisotopic (exact) mass is 246 g/mol. The van der Waals surface area contributed by atoms with Gasteiger partial charge in [-0.2, -0.15) is 0 Å². The minimum atomic E-state index is 0.0561. The second-order valence-electron chi connectivity index (χ2n) is 3.84. The molecule has 2 rings (SSSR count). The Bertz CT molecular complexity index is 519. The van der Waals surface area contributed by atoms with E-state index in [0.29, 0.717) is 5.69 Å². The molecule has 88 valence electrons. The van der Waals surface area contributed by atoms with Gasteiger partial charge in [-0.05, 0) is 5.56 Å². The molecule has 0 aliphatic carbocycles. The van der Waals surface area contributed by atoms with Gasteiger partial charge < -0.3 is 4.57 Å². The van der Waals surface area contributed by atoms with Crippen LogP contribution in [0.15, 0.2) is 41.7 Å². The number of aryl methyl sites for hydroxylation is 1. The number of carbonyl (C=O) groups is 1. The van der Waals surface area contributed by atoms with Crippen molar-refractivity contribution in [1.82, 2.24) is 9.55 Å². The van der Waals surface area contributed by atoms with Crippen molar-refractivity contribution >= 4 is 17.5 Å². The molecule has 0 amide bonds. The summed E-state index contributed by atoms with van der Waals surface area (Å²) in [5.41, 5.74) is 1.92. The first kappa shape index (κ1) is 11.9. The SMILES string of the molecule is CC(=O)c1c(SCc2ccccc2)ncn1C. The standard InChI is InChI=1S/C13H14N2OS/c1-10(16)12-13(14-9-15(12)2)17-8-11-6-4-3-5-7-11/h3-7,9H,8H2,1-2H3. The Kier molecular flexibility index (Phi) is 3.64. The van der Waals surface area contributed by atoms with Gasteiger partial charge in [-0.1, -0.05) is 42.1 Å². The van der Waals surface area contributed by atoms with Crippen LogP contribution >= 0.6 is 11.8 Å². The fraction of sp³-hybridized carbons (Fsp3) is 0.231. The molecular weight excluding hydrogens is 232 g/mol. The Morgan fingerprint density at radius 3 is 2.71 bits per heavy atom. The van der Waals surface area contributed by atoms with Crippen LogP contribution in [0.5, 0.6) is 0 Å². The quantitative estimate of drug-likeness (QED) is 0.614. The van der Waals surface area contributed by atoms with Gasteiger partial charge in [0.2, 0.25) is 0 Å². The van der Waals surface area contributed by atoms with E-state index in [1.165, 1.54) is 5.56 Å². The molecule has 0 bridgehead atoms. The van der Waals surface area contributed by atoms with E-state index < -0.39 is 0 Å². The summed E-state index contributed by atoms with van der Waals surface area (Å²) in [7, 11) is 1.84. The number of ketones is 1. The Labute approximate surface area is 105 Å². The third kappa shape index (κ3) is 2.77. The third-order valence-corrected chi connectivity index (χ3v) is 3.51. The summed E-state index contributed by atoms with van der Waals surface area (Å²) < 4.78 is 1.77. The number of carbonyl (C=O) groups excluding carboxylic acids is 1. The highest BCUT2D eigenvalue weighted by Crippen LogP contribution is 2.24. The smallest absolute Gasteiger partial charge is 0.178 e. The average Bonchev–Trinajstić information content (AvgIpc) is 2.69. The van der Waals surface area contributed by atoms with E-state index in [4.69, 9.17) is 0 Å². The van der Waals surface area contributed by atoms with Gasteiger partial charge in [0.05, 0.1) is 6.33 Å². The van der Waals surface area contributed by atoms with Crippen LogP contribution in [0.4, 0.5) is 0 Å². The van der Waals surface area contributed by atoms with Crippen molar-refractivity contribution in [3.05, 3.63) is 47.9 Å². The van der Waals surface area contributed by atoms with Gasteiger partial charge in [0.1, 0.15) is 10.7 Å². The van der Waals surface area contributed by atoms with Gasteiger partial charge in [0, 0.05) is 19.7 Å². The number of aromatic nitrogens is 2. The molecule has 0 saturated heterocycles. The van der Waals surface area contributed by atoms with Gasteiger partial charge >= 0.3 is 0 Å². The van der Waals surface area contributed by atoms with Gasteiger partial charge in [0.25, 0.3) is 0 Å². The molecule has 3 nitrogen and oxygen atoms in total. The number of rotatable bonds is 4. The number of Topliss-reactive ketones (excluding diaryl/α,β-unsaturated/α-hetero) is 1. The molecule has 4 heteroatoms. The maximum absolute atomic E-state index is 11.5. The van der Waals surface area contributed by atoms with Crippen LogP contribution in [0.1, 0.15) is 23.0 Å². The van der Waals surface area contributed by atoms with Crippen LogP contribution in [0.2, 0.25) is 0 Å². The van der Waals surface area contributed by atoms with Crippen molar-refractivity contribution in [2.75, 3.05) is 0 Å². The van der Waals surface area contributed by atoms with Gasteiger partial charge in [-0.15, -0.1) is 0 Å². The van der Waals surface area contributed by atoms with E-state index in [9.17, 15) is 4.79 Å². The minimum absolute atomic E-state index is 0.0561. The lowest BCUT2D eigenvalue weighted by atomic mass is 10.2. The second kappa shape index (κ2) is 5.19. The van der Waals surface area contributed by atoms with Crippen molar-refractivity contribution in [3.63, 3.8) is 0 Å². The normalized spacial score (nSPS) is 10.5. The number of hydrogen-bond acceptors (Lipinski definition) is 3. The highest BCUT2D eigenvalue weighted by atomic mass is 32.2. The molecule has 1 aromatic heterocycles. The lowest BCUT2D eigenvalue weighted by molar-refractivity contribution is 0.100. The van der Waals surface area contributed by atoms with Crippen LogP contribution in [-0.4, -0.2) is 15.3 Å². The summed E-state index contributed by atoms with van der Waals surface area (Å²) in [4.78, 5) is 15.7. The molecule has 0 spiro atoms. The number of hydrogen-bond donors (Lipinski definition) is 0. The largest absolute Gasteiger partial charge is 0.330 e. The van der Waals surface area contributed by atoms with Crippen LogP contribution in [0, 0.1) is 0 Å². The molecule has 17 heavy (non-hydrogen) atoms. The Morgan fingerprint density at radius 2 is 2.06 bits per heavy atom. The van der Waals surface area contributed by atoms with E-state index >= 15 is 0 Å². The Hall–Kier alpha value is -1.55. The predicted octanol–water partition coefficient (Wildman–Crippen LogP) is 2.92. The summed E-state index contributed by atoms with van der Waals surface area (Å²) in [6.07, 6.45) is 1.68. The number of thioether (sulfide) groups is 1. The molecule has 0 fully saturated rings. The predicted molar refractivity (Wildman–Crippen MR) is 69.2 cm³/mol. The molecule has 0 unspecified atom stereocenters. The molecule has 1 aromatic carbocycles. The number of imidazole rings is 1. The van der Waals surface area contributed by atoms with Crippen LogP contribution in [0.25, 0.3) is 0 Å². The maximum Gasteiger partial charge on any atom is 0.178 e. The maximum atomic E-state index is 11.5. The summed E-state index contributed by atoms with van der Waals surface area (Å²) in [6, 6.07) is 10.2. The highest BCUT2D eigenvalue weighted by Gasteiger charge is 2.13. The van der Waals surface area contributed by atoms with Crippen molar-refractivity contribution in [2.45, 2.75) is 17.7 Å². The van der Waals surface area contributed by atoms with E-state index in [2.05, 4.69) is 17.1 Å². The van der Waals surface area contributed by atoms with Crippen LogP contribution in [-0.2, 0) is 12.8 Å². The lowest BCUT2D eigenvalue weighted by Gasteiger charge is -2.02. The second-order valence-corrected chi connectivity index (χ2v) is 4.80. The topological polar surface area (TPSA) is 34.9 Å². The van der Waals surface area contributed by atoms with E-state index in [1.807, 2.05) is 25.2 Å².